The van der Waals surface area contributed by atoms with Crippen LogP contribution in [0.15, 0.2) is 44.1 Å². The fourth-order valence-electron chi connectivity index (χ4n) is 3.73. The van der Waals surface area contributed by atoms with Crippen LogP contribution in [-0.2, 0) is 15.5 Å². The monoisotopic (exact) mass is 420 g/mol. The number of fused-ring (bicyclic) bond motifs is 1. The lowest BCUT2D eigenvalue weighted by Crippen LogP contribution is -2.52. The van der Waals surface area contributed by atoms with Gasteiger partial charge in [-0.15, -0.1) is 0 Å². The van der Waals surface area contributed by atoms with Gasteiger partial charge in [-0.2, -0.15) is 0 Å². The SMILES string of the molecule is CC1CCCCN1C1=NC(N)(c2ccc(S(C)(=O)=O)cc2)C2=NC(N)SC2=N1. The summed E-state index contributed by atoms with van der Waals surface area (Å²) in [5.41, 5.74) is 12.3. The third kappa shape index (κ3) is 3.38. The second kappa shape index (κ2) is 6.94. The van der Waals surface area contributed by atoms with Gasteiger partial charge in [0.2, 0.25) is 5.96 Å². The first-order valence-corrected chi connectivity index (χ1v) is 12.0. The number of hydrogen-bond donors (Lipinski definition) is 2. The largest absolute Gasteiger partial charge is 0.338 e. The van der Waals surface area contributed by atoms with Crippen LogP contribution in [0.25, 0.3) is 0 Å². The molecule has 1 saturated heterocycles. The van der Waals surface area contributed by atoms with Crippen molar-refractivity contribution in [3.05, 3.63) is 29.8 Å². The number of piperidine rings is 1. The van der Waals surface area contributed by atoms with E-state index in [1.54, 1.807) is 24.3 Å². The van der Waals surface area contributed by atoms with Gasteiger partial charge in [0.1, 0.15) is 10.8 Å². The fraction of sp³-hybridized carbons (Fsp3) is 0.500. The maximum Gasteiger partial charge on any atom is 0.224 e. The van der Waals surface area contributed by atoms with Crippen LogP contribution in [0.5, 0.6) is 0 Å². The zero-order chi connectivity index (χ0) is 20.1. The van der Waals surface area contributed by atoms with Crippen molar-refractivity contribution in [2.75, 3.05) is 12.8 Å². The van der Waals surface area contributed by atoms with E-state index in [4.69, 9.17) is 21.5 Å². The molecule has 0 aromatic heterocycles. The molecule has 10 heteroatoms. The van der Waals surface area contributed by atoms with Gasteiger partial charge in [-0.1, -0.05) is 23.9 Å². The highest BCUT2D eigenvalue weighted by atomic mass is 32.2. The summed E-state index contributed by atoms with van der Waals surface area (Å²) in [4.78, 5) is 16.4. The minimum absolute atomic E-state index is 0.234. The molecule has 4 rings (SSSR count). The third-order valence-electron chi connectivity index (χ3n) is 5.31. The molecule has 0 saturated carbocycles. The van der Waals surface area contributed by atoms with Crippen molar-refractivity contribution >= 4 is 38.3 Å². The molecule has 28 heavy (non-hydrogen) atoms. The summed E-state index contributed by atoms with van der Waals surface area (Å²) in [5, 5.41) is 0.685. The quantitative estimate of drug-likeness (QED) is 0.742. The summed E-state index contributed by atoms with van der Waals surface area (Å²) in [6.45, 7) is 3.04. The second-order valence-electron chi connectivity index (χ2n) is 7.42. The predicted octanol–water partition coefficient (Wildman–Crippen LogP) is 1.27. The van der Waals surface area contributed by atoms with Gasteiger partial charge < -0.3 is 10.6 Å². The number of thioether (sulfide) groups is 1. The Bertz CT molecular complexity index is 986. The molecule has 1 fully saturated rings. The molecule has 150 valence electrons. The number of aliphatic imine (C=N–C) groups is 3. The van der Waals surface area contributed by atoms with Crippen LogP contribution in [0.1, 0.15) is 31.7 Å². The molecule has 0 spiro atoms. The summed E-state index contributed by atoms with van der Waals surface area (Å²) < 4.78 is 23.6. The number of sulfone groups is 1. The maximum absolute atomic E-state index is 11.8. The average molecular weight is 421 g/mol. The van der Waals surface area contributed by atoms with E-state index >= 15 is 0 Å². The normalized spacial score (nSPS) is 30.4. The van der Waals surface area contributed by atoms with Crippen LogP contribution in [-0.4, -0.2) is 54.4 Å². The number of hydrogen-bond acceptors (Lipinski definition) is 9. The van der Waals surface area contributed by atoms with Crippen LogP contribution in [0.3, 0.4) is 0 Å². The first kappa shape index (κ1) is 19.6. The van der Waals surface area contributed by atoms with Crippen LogP contribution in [0.2, 0.25) is 0 Å². The van der Waals surface area contributed by atoms with Crippen LogP contribution >= 0.6 is 11.8 Å². The van der Waals surface area contributed by atoms with E-state index in [0.717, 1.165) is 19.4 Å². The Balaban J connectivity index is 1.80. The van der Waals surface area contributed by atoms with Crippen molar-refractivity contribution in [3.8, 4) is 0 Å². The van der Waals surface area contributed by atoms with Crippen molar-refractivity contribution in [2.45, 2.75) is 48.3 Å². The van der Waals surface area contributed by atoms with E-state index in [1.165, 1.54) is 24.4 Å². The Morgan fingerprint density at radius 3 is 2.61 bits per heavy atom. The van der Waals surface area contributed by atoms with Gasteiger partial charge >= 0.3 is 0 Å². The second-order valence-corrected chi connectivity index (χ2v) is 10.5. The molecule has 1 aromatic carbocycles. The number of guanidine groups is 1. The molecule has 3 unspecified atom stereocenters. The first-order chi connectivity index (χ1) is 13.2. The molecule has 0 aliphatic carbocycles. The Morgan fingerprint density at radius 2 is 1.96 bits per heavy atom. The molecule has 8 nitrogen and oxygen atoms in total. The Hall–Kier alpha value is -1.75. The van der Waals surface area contributed by atoms with E-state index in [9.17, 15) is 8.42 Å². The van der Waals surface area contributed by atoms with E-state index in [2.05, 4.69) is 16.8 Å². The topological polar surface area (TPSA) is 126 Å². The van der Waals surface area contributed by atoms with Crippen molar-refractivity contribution < 1.29 is 8.42 Å². The summed E-state index contributed by atoms with van der Waals surface area (Å²) in [7, 11) is -3.29. The van der Waals surface area contributed by atoms with Gasteiger partial charge in [-0.3, -0.25) is 10.7 Å². The van der Waals surface area contributed by atoms with Gasteiger partial charge in [0.25, 0.3) is 0 Å². The van der Waals surface area contributed by atoms with Crippen molar-refractivity contribution in [3.63, 3.8) is 0 Å². The van der Waals surface area contributed by atoms with E-state index in [0.29, 0.717) is 28.3 Å². The Kier molecular flexibility index (Phi) is 4.85. The zero-order valence-corrected chi connectivity index (χ0v) is 17.5. The Labute approximate surface area is 169 Å². The molecular formula is C18H24N6O2S2. The highest BCUT2D eigenvalue weighted by Crippen LogP contribution is 2.36. The molecular weight excluding hydrogens is 396 g/mol. The van der Waals surface area contributed by atoms with Crippen molar-refractivity contribution in [2.24, 2.45) is 26.4 Å². The molecule has 3 aliphatic rings. The molecule has 1 aromatic rings. The van der Waals surface area contributed by atoms with Gasteiger partial charge in [-0.05, 0) is 38.3 Å². The Morgan fingerprint density at radius 1 is 1.25 bits per heavy atom. The standard InChI is InChI=1S/C18H24N6O2S2/c1-11-5-3-4-10-24(11)17-22-15-14(21-16(19)27-15)18(20,23-17)12-6-8-13(9-7-12)28(2,25)26/h6-9,11,16H,3-5,10,19-20H2,1-2H3. The third-order valence-corrected chi connectivity index (χ3v) is 7.30. The van der Waals surface area contributed by atoms with E-state index < -0.39 is 21.0 Å². The fourth-order valence-corrected chi connectivity index (χ4v) is 5.20. The molecule has 3 aliphatic heterocycles. The molecule has 3 atom stereocenters. The first-order valence-electron chi connectivity index (χ1n) is 9.24. The van der Waals surface area contributed by atoms with Gasteiger partial charge in [0.15, 0.2) is 21.0 Å². The van der Waals surface area contributed by atoms with E-state index in [-0.39, 0.29) is 4.90 Å². The van der Waals surface area contributed by atoms with Gasteiger partial charge in [0, 0.05) is 24.4 Å². The molecule has 3 heterocycles. The van der Waals surface area contributed by atoms with Gasteiger partial charge in [-0.25, -0.2) is 18.4 Å². The smallest absolute Gasteiger partial charge is 0.224 e. The number of nitrogens with zero attached hydrogens (tertiary/aromatic N) is 4. The molecule has 4 N–H and O–H groups in total. The molecule has 0 amide bonds. The minimum Gasteiger partial charge on any atom is -0.338 e. The lowest BCUT2D eigenvalue weighted by atomic mass is 9.94. The highest BCUT2D eigenvalue weighted by Gasteiger charge is 2.45. The number of likely N-dealkylation sites (tertiary alicyclic amines) is 1. The molecule has 0 bridgehead atoms. The maximum atomic E-state index is 11.8. The minimum atomic E-state index is -3.29. The van der Waals surface area contributed by atoms with Gasteiger partial charge in [0.05, 0.1) is 4.90 Å². The van der Waals surface area contributed by atoms with E-state index in [1.807, 2.05) is 0 Å². The number of nitrogens with two attached hydrogens (primary N) is 2. The lowest BCUT2D eigenvalue weighted by molar-refractivity contribution is 0.253. The van der Waals surface area contributed by atoms with Crippen molar-refractivity contribution in [1.82, 2.24) is 4.90 Å². The van der Waals surface area contributed by atoms with Crippen LogP contribution in [0.4, 0.5) is 0 Å². The summed E-state index contributed by atoms with van der Waals surface area (Å²) in [6.07, 6.45) is 4.53. The summed E-state index contributed by atoms with van der Waals surface area (Å²) >= 11 is 1.36. The number of benzene rings is 1. The van der Waals surface area contributed by atoms with Crippen molar-refractivity contribution in [1.29, 1.82) is 0 Å². The number of rotatable bonds is 2. The lowest BCUT2D eigenvalue weighted by Gasteiger charge is -2.38. The molecule has 0 radical (unpaired) electrons. The zero-order valence-electron chi connectivity index (χ0n) is 15.9. The highest BCUT2D eigenvalue weighted by molar-refractivity contribution is 8.16. The average Bonchev–Trinajstić information content (AvgIpc) is 3.03. The summed E-state index contributed by atoms with van der Waals surface area (Å²) in [6, 6.07) is 6.80. The predicted molar refractivity (Wildman–Crippen MR) is 113 cm³/mol. The summed E-state index contributed by atoms with van der Waals surface area (Å²) in [5.74, 6) is 0.595. The van der Waals surface area contributed by atoms with Crippen LogP contribution < -0.4 is 11.5 Å². The van der Waals surface area contributed by atoms with Crippen LogP contribution in [0, 0.1) is 0 Å².